The quantitative estimate of drug-likeness (QED) is 0.178. The minimum absolute atomic E-state index is 0. The molecule has 0 aromatic rings. The van der Waals surface area contributed by atoms with Crippen molar-refractivity contribution >= 4 is 29.9 Å². The lowest BCUT2D eigenvalue weighted by Crippen LogP contribution is -2.40. The van der Waals surface area contributed by atoms with Gasteiger partial charge in [-0.15, -0.1) is 30.6 Å². The van der Waals surface area contributed by atoms with Crippen molar-refractivity contribution in [2.45, 2.75) is 51.0 Å². The number of hydrogen-bond donors (Lipinski definition) is 2. The van der Waals surface area contributed by atoms with E-state index < -0.39 is 0 Å². The van der Waals surface area contributed by atoms with Gasteiger partial charge in [-0.3, -0.25) is 4.99 Å². The lowest BCUT2D eigenvalue weighted by molar-refractivity contribution is 0.146. The minimum atomic E-state index is 0. The lowest BCUT2D eigenvalue weighted by atomic mass is 10.1. The molecular weight excluding hydrogens is 353 g/mol. The topological polar surface area (TPSA) is 59.6 Å². The van der Waals surface area contributed by atoms with E-state index >= 15 is 0 Å². The third-order valence-corrected chi connectivity index (χ3v) is 3.19. The predicted octanol–water partition coefficient (Wildman–Crippen LogP) is 2.82. The first-order chi connectivity index (χ1) is 8.83. The molecule has 0 unspecified atom stereocenters. The van der Waals surface area contributed by atoms with Crippen molar-refractivity contribution in [1.29, 1.82) is 0 Å². The van der Waals surface area contributed by atoms with Gasteiger partial charge >= 0.3 is 0 Å². The normalized spacial score (nSPS) is 17.4. The van der Waals surface area contributed by atoms with Crippen LogP contribution in [0.1, 0.15) is 44.9 Å². The van der Waals surface area contributed by atoms with Gasteiger partial charge in [-0.1, -0.05) is 31.8 Å². The van der Waals surface area contributed by atoms with Crippen LogP contribution in [0.5, 0.6) is 0 Å². The van der Waals surface area contributed by atoms with E-state index in [9.17, 15) is 0 Å². The van der Waals surface area contributed by atoms with Crippen LogP contribution in [0.15, 0.2) is 17.6 Å². The maximum absolute atomic E-state index is 5.86. The lowest BCUT2D eigenvalue weighted by Gasteiger charge is -2.16. The molecule has 0 heterocycles. The molecule has 1 fully saturated rings. The van der Waals surface area contributed by atoms with E-state index in [4.69, 9.17) is 10.5 Å². The summed E-state index contributed by atoms with van der Waals surface area (Å²) < 4.78 is 5.37. The summed E-state index contributed by atoms with van der Waals surface area (Å²) in [5.41, 5.74) is 5.86. The van der Waals surface area contributed by atoms with Gasteiger partial charge in [0.25, 0.3) is 0 Å². The van der Waals surface area contributed by atoms with E-state index in [2.05, 4.69) is 16.9 Å². The molecule has 112 valence electrons. The number of ether oxygens (including phenoxy) is 1. The second-order valence-corrected chi connectivity index (χ2v) is 4.79. The van der Waals surface area contributed by atoms with E-state index in [1.807, 2.05) is 6.08 Å². The zero-order valence-electron chi connectivity index (χ0n) is 11.8. The summed E-state index contributed by atoms with van der Waals surface area (Å²) in [6.07, 6.45) is 10.5. The second kappa shape index (κ2) is 12.7. The van der Waals surface area contributed by atoms with Crippen LogP contribution in [0.3, 0.4) is 0 Å². The molecule has 0 spiro atoms. The number of rotatable bonds is 7. The summed E-state index contributed by atoms with van der Waals surface area (Å²) in [4.78, 5) is 4.28. The molecule has 1 saturated carbocycles. The van der Waals surface area contributed by atoms with Crippen LogP contribution in [0.4, 0.5) is 0 Å². The molecule has 1 rings (SSSR count). The van der Waals surface area contributed by atoms with Crippen molar-refractivity contribution in [2.24, 2.45) is 10.7 Å². The molecule has 0 amide bonds. The molecule has 19 heavy (non-hydrogen) atoms. The second-order valence-electron chi connectivity index (χ2n) is 4.79. The standard InChI is InChI=1S/C14H27N3O.HI/c1-2-3-11-18-12-10-16-14(15)17-13-8-6-4-5-7-9-13;/h2,13H,1,3-12H2,(H3,15,16,17);1H. The van der Waals surface area contributed by atoms with E-state index in [1.54, 1.807) is 0 Å². The average Bonchev–Trinajstić information content (AvgIpc) is 2.62. The Morgan fingerprint density at radius 2 is 1.95 bits per heavy atom. The molecule has 5 heteroatoms. The zero-order chi connectivity index (χ0) is 13.1. The summed E-state index contributed by atoms with van der Waals surface area (Å²) in [6.45, 7) is 5.61. The van der Waals surface area contributed by atoms with Crippen molar-refractivity contribution in [3.05, 3.63) is 12.7 Å². The van der Waals surface area contributed by atoms with Gasteiger partial charge in [-0.05, 0) is 19.3 Å². The highest BCUT2D eigenvalue weighted by Crippen LogP contribution is 2.16. The highest BCUT2D eigenvalue weighted by atomic mass is 127. The molecule has 3 N–H and O–H groups in total. The first-order valence-electron chi connectivity index (χ1n) is 7.08. The minimum Gasteiger partial charge on any atom is -0.379 e. The number of nitrogens with two attached hydrogens (primary N) is 1. The molecule has 0 atom stereocenters. The van der Waals surface area contributed by atoms with Crippen LogP contribution in [-0.4, -0.2) is 31.8 Å². The first kappa shape index (κ1) is 18.7. The van der Waals surface area contributed by atoms with E-state index in [-0.39, 0.29) is 24.0 Å². The molecule has 0 aliphatic heterocycles. The van der Waals surface area contributed by atoms with Gasteiger partial charge in [0.15, 0.2) is 5.96 Å². The summed E-state index contributed by atoms with van der Waals surface area (Å²) in [7, 11) is 0. The monoisotopic (exact) mass is 381 g/mol. The van der Waals surface area contributed by atoms with Crippen molar-refractivity contribution in [3.63, 3.8) is 0 Å². The van der Waals surface area contributed by atoms with Gasteiger partial charge in [0.2, 0.25) is 0 Å². The Morgan fingerprint density at radius 3 is 2.58 bits per heavy atom. The highest BCUT2D eigenvalue weighted by molar-refractivity contribution is 14.0. The van der Waals surface area contributed by atoms with Crippen LogP contribution in [0.2, 0.25) is 0 Å². The highest BCUT2D eigenvalue weighted by Gasteiger charge is 2.11. The van der Waals surface area contributed by atoms with Crippen molar-refractivity contribution in [1.82, 2.24) is 5.32 Å². The Balaban J connectivity index is 0.00000324. The van der Waals surface area contributed by atoms with Crippen LogP contribution < -0.4 is 11.1 Å². The fourth-order valence-corrected chi connectivity index (χ4v) is 2.18. The van der Waals surface area contributed by atoms with Crippen LogP contribution in [-0.2, 0) is 4.74 Å². The SMILES string of the molecule is C=CCCOCCN=C(N)NC1CCCCCC1.I. The molecule has 1 aliphatic rings. The molecule has 1 aliphatic carbocycles. The Kier molecular flexibility index (Phi) is 12.5. The zero-order valence-corrected chi connectivity index (χ0v) is 14.1. The van der Waals surface area contributed by atoms with Gasteiger partial charge in [0.1, 0.15) is 0 Å². The third kappa shape index (κ3) is 10.2. The number of nitrogens with one attached hydrogen (secondary N) is 1. The number of guanidine groups is 1. The summed E-state index contributed by atoms with van der Waals surface area (Å²) in [6, 6.07) is 0.512. The largest absolute Gasteiger partial charge is 0.379 e. The number of nitrogens with zero attached hydrogens (tertiary/aromatic N) is 1. The van der Waals surface area contributed by atoms with Crippen LogP contribution >= 0.6 is 24.0 Å². The molecule has 0 saturated heterocycles. The molecule has 0 aromatic carbocycles. The summed E-state index contributed by atoms with van der Waals surface area (Å²) in [5, 5.41) is 3.32. The number of hydrogen-bond acceptors (Lipinski definition) is 2. The predicted molar refractivity (Wildman–Crippen MR) is 92.2 cm³/mol. The van der Waals surface area contributed by atoms with Gasteiger partial charge in [0, 0.05) is 6.04 Å². The molecule has 4 nitrogen and oxygen atoms in total. The Morgan fingerprint density at radius 1 is 1.26 bits per heavy atom. The van der Waals surface area contributed by atoms with Crippen molar-refractivity contribution < 1.29 is 4.74 Å². The van der Waals surface area contributed by atoms with Crippen LogP contribution in [0, 0.1) is 0 Å². The average molecular weight is 381 g/mol. The summed E-state index contributed by atoms with van der Waals surface area (Å²) in [5.74, 6) is 0.564. The van der Waals surface area contributed by atoms with Gasteiger partial charge in [-0.2, -0.15) is 0 Å². The maximum Gasteiger partial charge on any atom is 0.188 e. The first-order valence-corrected chi connectivity index (χ1v) is 7.08. The Hall–Kier alpha value is -0.300. The van der Waals surface area contributed by atoms with Crippen molar-refractivity contribution in [3.8, 4) is 0 Å². The van der Waals surface area contributed by atoms with Gasteiger partial charge in [-0.25, -0.2) is 0 Å². The number of aliphatic imine (C=N–C) groups is 1. The fraction of sp³-hybridized carbons (Fsp3) is 0.786. The van der Waals surface area contributed by atoms with Crippen molar-refractivity contribution in [2.75, 3.05) is 19.8 Å². The van der Waals surface area contributed by atoms with Gasteiger partial charge in [0.05, 0.1) is 19.8 Å². The summed E-state index contributed by atoms with van der Waals surface area (Å²) >= 11 is 0. The van der Waals surface area contributed by atoms with E-state index in [1.165, 1.54) is 38.5 Å². The fourth-order valence-electron chi connectivity index (χ4n) is 2.18. The molecular formula is C14H28IN3O. The van der Waals surface area contributed by atoms with Gasteiger partial charge < -0.3 is 15.8 Å². The molecule has 0 aromatic heterocycles. The molecule has 0 radical (unpaired) electrons. The third-order valence-electron chi connectivity index (χ3n) is 3.19. The number of halogens is 1. The smallest absolute Gasteiger partial charge is 0.188 e. The maximum atomic E-state index is 5.86. The van der Waals surface area contributed by atoms with E-state index in [0.717, 1.165) is 13.0 Å². The Bertz CT molecular complexity index is 251. The Labute approximate surface area is 134 Å². The van der Waals surface area contributed by atoms with Crippen LogP contribution in [0.25, 0.3) is 0 Å². The molecule has 0 bridgehead atoms. The van der Waals surface area contributed by atoms with E-state index in [0.29, 0.717) is 25.2 Å².